The van der Waals surface area contributed by atoms with Crippen LogP contribution < -0.4 is 10.6 Å². The maximum atomic E-state index is 12.3. The smallest absolute Gasteiger partial charge is 0.222 e. The summed E-state index contributed by atoms with van der Waals surface area (Å²) >= 11 is 0. The molecule has 0 radical (unpaired) electrons. The van der Waals surface area contributed by atoms with E-state index in [0.29, 0.717) is 18.9 Å². The van der Waals surface area contributed by atoms with Crippen molar-refractivity contribution in [2.75, 3.05) is 26.2 Å². The lowest BCUT2D eigenvalue weighted by molar-refractivity contribution is -0.133. The molecule has 21 heavy (non-hydrogen) atoms. The monoisotopic (exact) mass is 317 g/mol. The Morgan fingerprint density at radius 3 is 2.62 bits per heavy atom. The van der Waals surface area contributed by atoms with E-state index in [1.54, 1.807) is 0 Å². The molecule has 2 N–H and O–H groups in total. The Kier molecular flexibility index (Phi) is 8.04. The Balaban J connectivity index is 0.00000220. The molecule has 0 saturated carbocycles. The molecule has 122 valence electrons. The van der Waals surface area contributed by atoms with E-state index in [-0.39, 0.29) is 30.3 Å². The number of likely N-dealkylation sites (tertiary alicyclic amines) is 1. The zero-order chi connectivity index (χ0) is 14.4. The molecule has 0 aromatic carbocycles. The Morgan fingerprint density at radius 1 is 1.24 bits per heavy atom. The van der Waals surface area contributed by atoms with E-state index in [4.69, 9.17) is 0 Å². The standard InChI is InChI=1S/C15H27N3O2.ClH/c1-12(19)17-14-3-2-10-18(11-14)15(20)5-4-13-6-8-16-9-7-13;/h13-14,16H,2-11H2,1H3,(H,17,19);1H. The van der Waals surface area contributed by atoms with Gasteiger partial charge in [-0.1, -0.05) is 0 Å². The van der Waals surface area contributed by atoms with Gasteiger partial charge in [-0.05, 0) is 51.1 Å². The Labute approximate surface area is 133 Å². The summed E-state index contributed by atoms with van der Waals surface area (Å²) in [6.45, 7) is 5.25. The molecule has 0 spiro atoms. The second-order valence-electron chi connectivity index (χ2n) is 6.11. The molecule has 2 heterocycles. The topological polar surface area (TPSA) is 61.4 Å². The van der Waals surface area contributed by atoms with Gasteiger partial charge >= 0.3 is 0 Å². The Bertz CT molecular complexity index is 346. The molecule has 2 aliphatic rings. The van der Waals surface area contributed by atoms with Crippen LogP contribution in [-0.2, 0) is 9.59 Å². The quantitative estimate of drug-likeness (QED) is 0.822. The lowest BCUT2D eigenvalue weighted by Gasteiger charge is -2.33. The molecule has 2 saturated heterocycles. The highest BCUT2D eigenvalue weighted by Crippen LogP contribution is 2.19. The lowest BCUT2D eigenvalue weighted by Crippen LogP contribution is -2.49. The molecule has 5 nitrogen and oxygen atoms in total. The van der Waals surface area contributed by atoms with E-state index in [0.717, 1.165) is 38.9 Å². The zero-order valence-corrected chi connectivity index (χ0v) is 13.7. The van der Waals surface area contributed by atoms with Gasteiger partial charge in [0.05, 0.1) is 0 Å². The first-order chi connectivity index (χ1) is 9.65. The van der Waals surface area contributed by atoms with Crippen LogP contribution in [0, 0.1) is 5.92 Å². The van der Waals surface area contributed by atoms with Crippen LogP contribution >= 0.6 is 12.4 Å². The van der Waals surface area contributed by atoms with Crippen molar-refractivity contribution in [3.63, 3.8) is 0 Å². The Morgan fingerprint density at radius 2 is 1.95 bits per heavy atom. The normalized spacial score (nSPS) is 23.3. The molecule has 2 aliphatic heterocycles. The largest absolute Gasteiger partial charge is 0.352 e. The van der Waals surface area contributed by atoms with Gasteiger partial charge in [-0.3, -0.25) is 9.59 Å². The van der Waals surface area contributed by atoms with Gasteiger partial charge < -0.3 is 15.5 Å². The first-order valence-corrected chi connectivity index (χ1v) is 7.90. The molecule has 2 rings (SSSR count). The first-order valence-electron chi connectivity index (χ1n) is 7.90. The number of amides is 2. The number of hydrogen-bond donors (Lipinski definition) is 2. The first kappa shape index (κ1) is 18.2. The summed E-state index contributed by atoms with van der Waals surface area (Å²) in [6, 6.07) is 0.143. The second kappa shape index (κ2) is 9.26. The van der Waals surface area contributed by atoms with Gasteiger partial charge in [0.2, 0.25) is 11.8 Å². The number of nitrogens with one attached hydrogen (secondary N) is 2. The minimum atomic E-state index is -0.000922. The average Bonchev–Trinajstić information content (AvgIpc) is 2.45. The highest BCUT2D eigenvalue weighted by atomic mass is 35.5. The van der Waals surface area contributed by atoms with Crippen LogP contribution in [0.3, 0.4) is 0 Å². The van der Waals surface area contributed by atoms with Crippen LogP contribution in [-0.4, -0.2) is 48.9 Å². The van der Waals surface area contributed by atoms with Crippen molar-refractivity contribution in [1.29, 1.82) is 0 Å². The van der Waals surface area contributed by atoms with Gasteiger partial charge in [-0.15, -0.1) is 12.4 Å². The molecule has 6 heteroatoms. The molecular formula is C15H28ClN3O2. The Hall–Kier alpha value is -0.810. The highest BCUT2D eigenvalue weighted by Gasteiger charge is 2.24. The second-order valence-corrected chi connectivity index (χ2v) is 6.11. The minimum Gasteiger partial charge on any atom is -0.352 e. The fraction of sp³-hybridized carbons (Fsp3) is 0.867. The van der Waals surface area contributed by atoms with E-state index < -0.39 is 0 Å². The third kappa shape index (κ3) is 6.22. The van der Waals surface area contributed by atoms with Crippen molar-refractivity contribution < 1.29 is 9.59 Å². The van der Waals surface area contributed by atoms with Crippen LogP contribution in [0.2, 0.25) is 0 Å². The summed E-state index contributed by atoms with van der Waals surface area (Å²) in [5, 5.41) is 6.29. The summed E-state index contributed by atoms with van der Waals surface area (Å²) in [7, 11) is 0. The summed E-state index contributed by atoms with van der Waals surface area (Å²) in [6.07, 6.45) is 6.05. The maximum absolute atomic E-state index is 12.3. The van der Waals surface area contributed by atoms with Crippen LogP contribution in [0.5, 0.6) is 0 Å². The number of piperidine rings is 2. The SMILES string of the molecule is CC(=O)NC1CCCN(C(=O)CCC2CCNCC2)C1.Cl. The van der Waals surface area contributed by atoms with Gasteiger partial charge in [0.15, 0.2) is 0 Å². The molecule has 0 bridgehead atoms. The summed E-state index contributed by atoms with van der Waals surface area (Å²) in [5.41, 5.74) is 0. The van der Waals surface area contributed by atoms with E-state index >= 15 is 0 Å². The van der Waals surface area contributed by atoms with Crippen LogP contribution in [0.25, 0.3) is 0 Å². The molecule has 1 atom stereocenters. The summed E-state index contributed by atoms with van der Waals surface area (Å²) in [5.74, 6) is 0.966. The molecular weight excluding hydrogens is 290 g/mol. The lowest BCUT2D eigenvalue weighted by atomic mass is 9.93. The summed E-state index contributed by atoms with van der Waals surface area (Å²) in [4.78, 5) is 25.3. The molecule has 0 aromatic heterocycles. The van der Waals surface area contributed by atoms with E-state index in [1.165, 1.54) is 19.8 Å². The van der Waals surface area contributed by atoms with Crippen molar-refractivity contribution in [2.24, 2.45) is 5.92 Å². The summed E-state index contributed by atoms with van der Waals surface area (Å²) < 4.78 is 0. The van der Waals surface area contributed by atoms with Gasteiger partial charge in [-0.25, -0.2) is 0 Å². The van der Waals surface area contributed by atoms with Crippen LogP contribution in [0.4, 0.5) is 0 Å². The number of carbonyl (C=O) groups is 2. The van der Waals surface area contributed by atoms with Crippen LogP contribution in [0.15, 0.2) is 0 Å². The molecule has 1 unspecified atom stereocenters. The number of rotatable bonds is 4. The van der Waals surface area contributed by atoms with E-state index in [2.05, 4.69) is 10.6 Å². The molecule has 2 fully saturated rings. The predicted octanol–water partition coefficient (Wildman–Crippen LogP) is 1.32. The highest BCUT2D eigenvalue weighted by molar-refractivity contribution is 5.85. The van der Waals surface area contributed by atoms with Crippen molar-refractivity contribution >= 4 is 24.2 Å². The molecule has 0 aromatic rings. The molecule has 0 aliphatic carbocycles. The van der Waals surface area contributed by atoms with Gasteiger partial charge in [0.25, 0.3) is 0 Å². The van der Waals surface area contributed by atoms with E-state index in [9.17, 15) is 9.59 Å². The van der Waals surface area contributed by atoms with Gasteiger partial charge in [-0.2, -0.15) is 0 Å². The maximum Gasteiger partial charge on any atom is 0.222 e. The van der Waals surface area contributed by atoms with E-state index in [1.807, 2.05) is 4.90 Å². The van der Waals surface area contributed by atoms with Crippen molar-refractivity contribution in [2.45, 2.75) is 51.5 Å². The third-order valence-corrected chi connectivity index (χ3v) is 4.41. The number of halogens is 1. The molecule has 2 amide bonds. The predicted molar refractivity (Wildman–Crippen MR) is 85.5 cm³/mol. The van der Waals surface area contributed by atoms with Crippen molar-refractivity contribution in [3.05, 3.63) is 0 Å². The fourth-order valence-electron chi connectivity index (χ4n) is 3.27. The van der Waals surface area contributed by atoms with Gasteiger partial charge in [0.1, 0.15) is 0 Å². The zero-order valence-electron chi connectivity index (χ0n) is 12.9. The van der Waals surface area contributed by atoms with Crippen molar-refractivity contribution in [1.82, 2.24) is 15.5 Å². The minimum absolute atomic E-state index is 0. The number of hydrogen-bond acceptors (Lipinski definition) is 3. The van der Waals surface area contributed by atoms with Crippen molar-refractivity contribution in [3.8, 4) is 0 Å². The van der Waals surface area contributed by atoms with Gasteiger partial charge in [0, 0.05) is 32.5 Å². The average molecular weight is 318 g/mol. The third-order valence-electron chi connectivity index (χ3n) is 4.41. The van der Waals surface area contributed by atoms with Crippen LogP contribution in [0.1, 0.15) is 45.4 Å². The number of nitrogens with zero attached hydrogens (tertiary/aromatic N) is 1. The number of carbonyl (C=O) groups excluding carboxylic acids is 2. The fourth-order valence-corrected chi connectivity index (χ4v) is 3.27.